The van der Waals surface area contributed by atoms with Crippen molar-refractivity contribution in [2.24, 2.45) is 20.5 Å². The minimum atomic E-state index is -0.674. The third kappa shape index (κ3) is 15.7. The standard InChI is InChI=1S/C61H75N19O9/c1-12-17-22-85-55(81)39-27-40(56(82)86-23-18-13-2)30-43(29-39)77-53(45(33-62)37(10)73-77)71-69-49-47(35(6)7)75-79(51(49)64)59-66-60(68-61(67-59)89-26-21-16-5)80-52(65)50(48(76-80)36(8)9)70-72-54-46(34-63)38(11)74-78(54)44-31-41(57(83)87-24-19-14-3)28-42(32-44)58(84)88-25-20-15-4/h27-32,35-36H,12-26,64-65H2,1-11H3. The minimum absolute atomic E-state index is 0.0364. The smallest absolute Gasteiger partial charge is 0.338 e. The first-order valence-corrected chi connectivity index (χ1v) is 29.8. The number of aryl methyl sites for hydroxylation is 2. The number of carbonyl (C=O) groups excluding carboxylic acids is 4. The van der Waals surface area contributed by atoms with Gasteiger partial charge in [0.15, 0.2) is 34.6 Å². The lowest BCUT2D eigenvalue weighted by atomic mass is 10.1. The SMILES string of the molecule is CCCCOC(=O)c1cc(C(=O)OCCCC)cc(-n2nc(C)c(C#N)c2N=Nc2c(C(C)C)nn(-c3nc(OCCCC)nc(-n4nc(C(C)C)c(N=Nc5c(C#N)c(C)nn5-c5cc(C(=O)OCCCC)cc(C(=O)OCCCC)c5)c4N)n3)c2N)c1. The summed E-state index contributed by atoms with van der Waals surface area (Å²) in [5, 5.41) is 58.2. The maximum atomic E-state index is 13.4. The van der Waals surface area contributed by atoms with Crippen LogP contribution in [0, 0.1) is 36.5 Å². The molecule has 468 valence electrons. The van der Waals surface area contributed by atoms with E-state index in [4.69, 9.17) is 50.3 Å². The molecule has 0 aliphatic carbocycles. The molecular weight excluding hydrogens is 1140 g/mol. The Morgan fingerprint density at radius 2 is 0.809 bits per heavy atom. The fourth-order valence-corrected chi connectivity index (χ4v) is 8.61. The van der Waals surface area contributed by atoms with Crippen LogP contribution < -0.4 is 16.2 Å². The average molecular weight is 1220 g/mol. The highest BCUT2D eigenvalue weighted by Gasteiger charge is 2.29. The molecule has 89 heavy (non-hydrogen) atoms. The number of nitrogen functional groups attached to an aromatic ring is 2. The van der Waals surface area contributed by atoms with E-state index in [-0.39, 0.29) is 154 Å². The van der Waals surface area contributed by atoms with E-state index in [1.165, 1.54) is 55.1 Å². The second kappa shape index (κ2) is 30.9. The highest BCUT2D eigenvalue weighted by molar-refractivity contribution is 5.97. The van der Waals surface area contributed by atoms with Crippen LogP contribution in [0.4, 0.5) is 34.6 Å². The van der Waals surface area contributed by atoms with Crippen molar-refractivity contribution in [1.82, 2.24) is 54.1 Å². The molecular formula is C61H75N19O9. The second-order valence-electron chi connectivity index (χ2n) is 21.3. The molecule has 0 aliphatic heterocycles. The van der Waals surface area contributed by atoms with Gasteiger partial charge in [-0.2, -0.15) is 55.2 Å². The molecule has 0 spiro atoms. The minimum Gasteiger partial charge on any atom is -0.463 e. The van der Waals surface area contributed by atoms with Gasteiger partial charge < -0.3 is 35.2 Å². The zero-order chi connectivity index (χ0) is 64.5. The third-order valence-corrected chi connectivity index (χ3v) is 13.6. The van der Waals surface area contributed by atoms with E-state index in [0.29, 0.717) is 43.5 Å². The summed E-state index contributed by atoms with van der Waals surface area (Å²) in [6, 6.07) is 12.8. The van der Waals surface area contributed by atoms with Gasteiger partial charge in [0, 0.05) is 0 Å². The number of nitriles is 2. The molecule has 5 heterocycles. The highest BCUT2D eigenvalue weighted by Crippen LogP contribution is 2.39. The van der Waals surface area contributed by atoms with E-state index in [9.17, 15) is 29.7 Å². The number of ether oxygens (including phenoxy) is 5. The van der Waals surface area contributed by atoms with Crippen LogP contribution >= 0.6 is 0 Å². The summed E-state index contributed by atoms with van der Waals surface area (Å²) in [5.41, 5.74) is 15.9. The first-order chi connectivity index (χ1) is 42.8. The molecule has 4 N–H and O–H groups in total. The van der Waals surface area contributed by atoms with Crippen molar-refractivity contribution in [2.75, 3.05) is 44.5 Å². The van der Waals surface area contributed by atoms with Gasteiger partial charge in [-0.05, 0) is 94.2 Å². The number of hydrogen-bond donors (Lipinski definition) is 2. The molecule has 0 amide bonds. The molecule has 0 bridgehead atoms. The van der Waals surface area contributed by atoms with Crippen LogP contribution in [0.5, 0.6) is 6.01 Å². The van der Waals surface area contributed by atoms with Crippen molar-refractivity contribution < 1.29 is 42.9 Å². The Labute approximate surface area is 515 Å². The summed E-state index contributed by atoms with van der Waals surface area (Å²) in [6.45, 7) is 21.4. The van der Waals surface area contributed by atoms with Gasteiger partial charge in [-0.25, -0.2) is 28.5 Å². The van der Waals surface area contributed by atoms with E-state index >= 15 is 0 Å². The zero-order valence-corrected chi connectivity index (χ0v) is 52.2. The molecule has 0 radical (unpaired) electrons. The Morgan fingerprint density at radius 1 is 0.483 bits per heavy atom. The van der Waals surface area contributed by atoms with Crippen molar-refractivity contribution in [3.8, 4) is 41.4 Å². The number of nitrogens with two attached hydrogens (primary N) is 2. The van der Waals surface area contributed by atoms with Gasteiger partial charge in [-0.15, -0.1) is 20.5 Å². The summed E-state index contributed by atoms with van der Waals surface area (Å²) < 4.78 is 33.2. The first-order valence-electron chi connectivity index (χ1n) is 29.8. The van der Waals surface area contributed by atoms with Crippen molar-refractivity contribution in [2.45, 2.75) is 152 Å². The monoisotopic (exact) mass is 1220 g/mol. The largest absolute Gasteiger partial charge is 0.463 e. The van der Waals surface area contributed by atoms with Gasteiger partial charge in [0.1, 0.15) is 23.3 Å². The molecule has 0 saturated carbocycles. The molecule has 28 heteroatoms. The maximum Gasteiger partial charge on any atom is 0.338 e. The molecule has 0 unspecified atom stereocenters. The van der Waals surface area contributed by atoms with Crippen LogP contribution in [0.25, 0.3) is 23.3 Å². The number of carbonyl (C=O) groups is 4. The van der Waals surface area contributed by atoms with Gasteiger partial charge in [0.05, 0.1) is 89.4 Å². The molecule has 0 aliphatic rings. The number of azo groups is 2. The van der Waals surface area contributed by atoms with Crippen LogP contribution in [-0.4, -0.2) is 111 Å². The summed E-state index contributed by atoms with van der Waals surface area (Å²) in [4.78, 5) is 67.7. The maximum absolute atomic E-state index is 13.4. The lowest BCUT2D eigenvalue weighted by Gasteiger charge is -2.11. The topological polar surface area (TPSA) is 373 Å². The second-order valence-corrected chi connectivity index (χ2v) is 21.3. The molecule has 28 nitrogen and oxygen atoms in total. The molecule has 0 atom stereocenters. The number of rotatable bonds is 30. The van der Waals surface area contributed by atoms with Crippen LogP contribution in [0.3, 0.4) is 0 Å². The summed E-state index contributed by atoms with van der Waals surface area (Å²) >= 11 is 0. The van der Waals surface area contributed by atoms with Gasteiger partial charge in [-0.3, -0.25) is 0 Å². The number of benzene rings is 2. The van der Waals surface area contributed by atoms with E-state index in [0.717, 1.165) is 32.1 Å². The predicted octanol–water partition coefficient (Wildman–Crippen LogP) is 12.2. The molecule has 7 aromatic rings. The Hall–Kier alpha value is -10.3. The van der Waals surface area contributed by atoms with Crippen molar-refractivity contribution in [3.05, 3.63) is 92.6 Å². The van der Waals surface area contributed by atoms with Crippen molar-refractivity contribution in [3.63, 3.8) is 0 Å². The summed E-state index contributed by atoms with van der Waals surface area (Å²) in [7, 11) is 0. The van der Waals surface area contributed by atoms with E-state index in [1.54, 1.807) is 13.8 Å². The van der Waals surface area contributed by atoms with Crippen LogP contribution in [0.2, 0.25) is 0 Å². The van der Waals surface area contributed by atoms with Gasteiger partial charge in [-0.1, -0.05) is 94.4 Å². The first kappa shape index (κ1) is 66.3. The van der Waals surface area contributed by atoms with Gasteiger partial charge in [0.25, 0.3) is 11.9 Å². The summed E-state index contributed by atoms with van der Waals surface area (Å²) in [5.74, 6) is -3.97. The van der Waals surface area contributed by atoms with Crippen LogP contribution in [0.1, 0.15) is 214 Å². The molecule has 5 aromatic heterocycles. The number of esters is 4. The lowest BCUT2D eigenvalue weighted by molar-refractivity contribution is 0.0479. The molecule has 0 saturated heterocycles. The quantitative estimate of drug-likeness (QED) is 0.0183. The lowest BCUT2D eigenvalue weighted by Crippen LogP contribution is -2.15. The van der Waals surface area contributed by atoms with Gasteiger partial charge in [0.2, 0.25) is 0 Å². The van der Waals surface area contributed by atoms with E-state index in [2.05, 4.69) is 52.8 Å². The fraction of sp³-hybridized carbons (Fsp3) is 0.459. The molecule has 0 fully saturated rings. The van der Waals surface area contributed by atoms with Gasteiger partial charge >= 0.3 is 29.9 Å². The van der Waals surface area contributed by atoms with Crippen LogP contribution in [-0.2, 0) is 18.9 Å². The Balaban J connectivity index is 1.33. The zero-order valence-electron chi connectivity index (χ0n) is 52.2. The number of anilines is 2. The number of hydrogen-bond acceptors (Lipinski definition) is 24. The third-order valence-electron chi connectivity index (χ3n) is 13.6. The van der Waals surface area contributed by atoms with Crippen molar-refractivity contribution >= 4 is 58.5 Å². The molecule has 2 aromatic carbocycles. The number of unbranched alkanes of at least 4 members (excludes halogenated alkanes) is 5. The average Bonchev–Trinajstić information content (AvgIpc) is 2.07. The molecule has 7 rings (SSSR count). The Morgan fingerprint density at radius 3 is 1.11 bits per heavy atom. The Bertz CT molecular complexity index is 3540. The van der Waals surface area contributed by atoms with E-state index in [1.807, 2.05) is 62.3 Å². The normalized spacial score (nSPS) is 11.4. The predicted molar refractivity (Wildman–Crippen MR) is 327 cm³/mol. The van der Waals surface area contributed by atoms with Crippen LogP contribution in [0.15, 0.2) is 56.9 Å². The summed E-state index contributed by atoms with van der Waals surface area (Å²) in [6.07, 6.45) is 7.10. The number of aromatic nitrogens is 11. The number of nitrogens with zero attached hydrogens (tertiary/aromatic N) is 17. The Kier molecular flexibility index (Phi) is 23.0. The van der Waals surface area contributed by atoms with Crippen molar-refractivity contribution in [1.29, 1.82) is 10.5 Å². The fourth-order valence-electron chi connectivity index (χ4n) is 8.61. The van der Waals surface area contributed by atoms with E-state index < -0.39 is 23.9 Å². The highest BCUT2D eigenvalue weighted by atomic mass is 16.5.